The molecule has 110 valence electrons. The van der Waals surface area contributed by atoms with Crippen LogP contribution < -0.4 is 0 Å². The molecular weight excluding hydrogens is 278 g/mol. The maximum atomic E-state index is 11.8. The molecule has 0 spiro atoms. The number of unbranched alkanes of at least 4 members (excludes halogenated alkanes) is 2. The number of esters is 1. The van der Waals surface area contributed by atoms with Crippen molar-refractivity contribution in [3.63, 3.8) is 0 Å². The molecule has 0 aliphatic carbocycles. The molecule has 4 nitrogen and oxygen atoms in total. The van der Waals surface area contributed by atoms with Crippen molar-refractivity contribution in [1.29, 1.82) is 0 Å². The molecule has 0 bridgehead atoms. The van der Waals surface area contributed by atoms with E-state index in [0.29, 0.717) is 22.9 Å². The standard InChI is InChI=1S/C15H20ClNO3/c1-3-4-7-10-20-15(18)11-14(17-19-2)12-8-5-6-9-13(12)16/h5-6,8-9H,3-4,7,10-11H2,1-2H3. The van der Waals surface area contributed by atoms with Crippen molar-refractivity contribution >= 4 is 23.3 Å². The third-order valence-corrected chi connectivity index (χ3v) is 3.04. The highest BCUT2D eigenvalue weighted by molar-refractivity contribution is 6.34. The van der Waals surface area contributed by atoms with E-state index in [1.165, 1.54) is 7.11 Å². The van der Waals surface area contributed by atoms with Gasteiger partial charge in [0.2, 0.25) is 0 Å². The Bertz CT molecular complexity index is 460. The molecule has 0 N–H and O–H groups in total. The molecule has 5 heteroatoms. The van der Waals surface area contributed by atoms with Crippen LogP contribution in [0.1, 0.15) is 38.2 Å². The number of halogens is 1. The van der Waals surface area contributed by atoms with E-state index in [1.54, 1.807) is 12.1 Å². The van der Waals surface area contributed by atoms with E-state index in [-0.39, 0.29) is 12.4 Å². The number of nitrogens with zero attached hydrogens (tertiary/aromatic N) is 1. The molecule has 1 aromatic rings. The number of carbonyl (C=O) groups is 1. The number of benzene rings is 1. The van der Waals surface area contributed by atoms with Gasteiger partial charge in [0.15, 0.2) is 0 Å². The van der Waals surface area contributed by atoms with Crippen molar-refractivity contribution in [3.05, 3.63) is 34.9 Å². The highest BCUT2D eigenvalue weighted by atomic mass is 35.5. The largest absolute Gasteiger partial charge is 0.465 e. The Hall–Kier alpha value is -1.55. The van der Waals surface area contributed by atoms with Crippen LogP contribution in [0.2, 0.25) is 5.02 Å². The average molecular weight is 298 g/mol. The minimum atomic E-state index is -0.322. The van der Waals surface area contributed by atoms with Gasteiger partial charge in [-0.1, -0.05) is 54.7 Å². The lowest BCUT2D eigenvalue weighted by atomic mass is 10.1. The van der Waals surface area contributed by atoms with Crippen molar-refractivity contribution < 1.29 is 14.4 Å². The molecule has 0 heterocycles. The summed E-state index contributed by atoms with van der Waals surface area (Å²) in [6, 6.07) is 7.19. The first-order valence-electron chi connectivity index (χ1n) is 6.69. The van der Waals surface area contributed by atoms with Gasteiger partial charge in [-0.2, -0.15) is 0 Å². The Morgan fingerprint density at radius 2 is 2.05 bits per heavy atom. The maximum absolute atomic E-state index is 11.8. The number of ether oxygens (including phenoxy) is 1. The van der Waals surface area contributed by atoms with Crippen molar-refractivity contribution in [1.82, 2.24) is 0 Å². The Labute approximate surface area is 124 Å². The molecule has 0 unspecified atom stereocenters. The van der Waals surface area contributed by atoms with Gasteiger partial charge in [-0.05, 0) is 12.5 Å². The third-order valence-electron chi connectivity index (χ3n) is 2.71. The van der Waals surface area contributed by atoms with Crippen LogP contribution in [0.5, 0.6) is 0 Å². The zero-order chi connectivity index (χ0) is 14.8. The van der Waals surface area contributed by atoms with Crippen LogP contribution in [0.3, 0.4) is 0 Å². The molecule has 0 radical (unpaired) electrons. The molecule has 0 fully saturated rings. The van der Waals surface area contributed by atoms with Gasteiger partial charge in [0.25, 0.3) is 0 Å². The number of oxime groups is 1. The Morgan fingerprint density at radius 3 is 2.70 bits per heavy atom. The highest BCUT2D eigenvalue weighted by Crippen LogP contribution is 2.18. The fraction of sp³-hybridized carbons (Fsp3) is 0.467. The minimum absolute atomic E-state index is 0.0453. The average Bonchev–Trinajstić information content (AvgIpc) is 2.44. The van der Waals surface area contributed by atoms with Crippen LogP contribution in [0.15, 0.2) is 29.4 Å². The van der Waals surface area contributed by atoms with Gasteiger partial charge in [-0.3, -0.25) is 4.79 Å². The summed E-state index contributed by atoms with van der Waals surface area (Å²) in [6.07, 6.45) is 3.07. The van der Waals surface area contributed by atoms with Gasteiger partial charge in [-0.25, -0.2) is 0 Å². The lowest BCUT2D eigenvalue weighted by Crippen LogP contribution is -2.14. The summed E-state index contributed by atoms with van der Waals surface area (Å²) in [5, 5.41) is 4.40. The van der Waals surface area contributed by atoms with Crippen molar-refractivity contribution in [3.8, 4) is 0 Å². The fourth-order valence-corrected chi connectivity index (χ4v) is 1.95. The monoisotopic (exact) mass is 297 g/mol. The summed E-state index contributed by atoms with van der Waals surface area (Å²) in [4.78, 5) is 16.6. The van der Waals surface area contributed by atoms with Crippen molar-refractivity contribution in [2.45, 2.75) is 32.6 Å². The normalized spacial score (nSPS) is 11.2. The smallest absolute Gasteiger partial charge is 0.312 e. The second-order valence-corrected chi connectivity index (χ2v) is 4.71. The van der Waals surface area contributed by atoms with E-state index in [2.05, 4.69) is 12.1 Å². The molecule has 0 amide bonds. The van der Waals surface area contributed by atoms with E-state index < -0.39 is 0 Å². The fourth-order valence-electron chi connectivity index (χ4n) is 1.71. The van der Waals surface area contributed by atoms with Gasteiger partial charge in [0.05, 0.1) is 18.7 Å². The summed E-state index contributed by atoms with van der Waals surface area (Å²) in [7, 11) is 1.43. The number of hydrogen-bond acceptors (Lipinski definition) is 4. The molecule has 20 heavy (non-hydrogen) atoms. The van der Waals surface area contributed by atoms with E-state index in [9.17, 15) is 4.79 Å². The summed E-state index contributed by atoms with van der Waals surface area (Å²) in [5.74, 6) is -0.322. The molecule has 0 saturated carbocycles. The van der Waals surface area contributed by atoms with Crippen LogP contribution in [0.25, 0.3) is 0 Å². The highest BCUT2D eigenvalue weighted by Gasteiger charge is 2.14. The number of carbonyl (C=O) groups excluding carboxylic acids is 1. The summed E-state index contributed by atoms with van der Waals surface area (Å²) in [5.41, 5.74) is 1.15. The SMILES string of the molecule is CCCCCOC(=O)CC(=NOC)c1ccccc1Cl. The Morgan fingerprint density at radius 1 is 1.30 bits per heavy atom. The van der Waals surface area contributed by atoms with Crippen LogP contribution in [-0.2, 0) is 14.4 Å². The van der Waals surface area contributed by atoms with Gasteiger partial charge < -0.3 is 9.57 Å². The maximum Gasteiger partial charge on any atom is 0.312 e. The van der Waals surface area contributed by atoms with Gasteiger partial charge >= 0.3 is 5.97 Å². The first-order valence-corrected chi connectivity index (χ1v) is 7.07. The van der Waals surface area contributed by atoms with Crippen LogP contribution >= 0.6 is 11.6 Å². The zero-order valence-corrected chi connectivity index (χ0v) is 12.7. The van der Waals surface area contributed by atoms with Gasteiger partial charge in [0, 0.05) is 10.6 Å². The molecule has 0 aliphatic rings. The molecule has 0 saturated heterocycles. The van der Waals surface area contributed by atoms with Crippen LogP contribution in [0, 0.1) is 0 Å². The minimum Gasteiger partial charge on any atom is -0.465 e. The van der Waals surface area contributed by atoms with E-state index in [0.717, 1.165) is 19.3 Å². The van der Waals surface area contributed by atoms with Gasteiger partial charge in [0.1, 0.15) is 7.11 Å². The number of hydrogen-bond donors (Lipinski definition) is 0. The topological polar surface area (TPSA) is 47.9 Å². The summed E-state index contributed by atoms with van der Waals surface area (Å²) < 4.78 is 5.16. The lowest BCUT2D eigenvalue weighted by molar-refractivity contribution is -0.142. The molecular formula is C15H20ClNO3. The molecule has 0 aromatic heterocycles. The number of rotatable bonds is 8. The molecule has 0 atom stereocenters. The van der Waals surface area contributed by atoms with Crippen LogP contribution in [-0.4, -0.2) is 25.4 Å². The van der Waals surface area contributed by atoms with Gasteiger partial charge in [-0.15, -0.1) is 0 Å². The first-order chi connectivity index (χ1) is 9.69. The Kier molecular flexibility index (Phi) is 7.73. The summed E-state index contributed by atoms with van der Waals surface area (Å²) >= 11 is 6.10. The van der Waals surface area contributed by atoms with Crippen molar-refractivity contribution in [2.24, 2.45) is 5.16 Å². The van der Waals surface area contributed by atoms with Crippen LogP contribution in [0.4, 0.5) is 0 Å². The van der Waals surface area contributed by atoms with E-state index in [4.69, 9.17) is 21.2 Å². The zero-order valence-electron chi connectivity index (χ0n) is 11.9. The molecule has 1 aromatic carbocycles. The first kappa shape index (κ1) is 16.5. The lowest BCUT2D eigenvalue weighted by Gasteiger charge is -2.08. The van der Waals surface area contributed by atoms with E-state index in [1.807, 2.05) is 12.1 Å². The second-order valence-electron chi connectivity index (χ2n) is 4.30. The molecule has 1 rings (SSSR count). The molecule has 0 aliphatic heterocycles. The third kappa shape index (κ3) is 5.61. The van der Waals surface area contributed by atoms with Crippen molar-refractivity contribution in [2.75, 3.05) is 13.7 Å². The second kappa shape index (κ2) is 9.37. The van der Waals surface area contributed by atoms with E-state index >= 15 is 0 Å². The predicted molar refractivity (Wildman–Crippen MR) is 80.1 cm³/mol. The quantitative estimate of drug-likeness (QED) is 0.317. The Balaban J connectivity index is 2.63. The summed E-state index contributed by atoms with van der Waals surface area (Å²) in [6.45, 7) is 2.54. The predicted octanol–water partition coefficient (Wildman–Crippen LogP) is 3.81.